The summed E-state index contributed by atoms with van der Waals surface area (Å²) < 4.78 is 31.8. The molecule has 0 aromatic carbocycles. The van der Waals surface area contributed by atoms with Gasteiger partial charge in [-0.2, -0.15) is 0 Å². The molecule has 0 spiro atoms. The Labute approximate surface area is 73.2 Å². The average molecular weight is 214 g/mol. The smallest absolute Gasteiger partial charge is 0.316 e. The second-order valence-corrected chi connectivity index (χ2v) is 6.15. The van der Waals surface area contributed by atoms with Crippen molar-refractivity contribution in [3.63, 3.8) is 0 Å². The van der Waals surface area contributed by atoms with Gasteiger partial charge in [0.05, 0.1) is 5.75 Å². The number of sulfone groups is 1. The van der Waals surface area contributed by atoms with Crippen molar-refractivity contribution in [2.75, 3.05) is 23.5 Å². The van der Waals surface area contributed by atoms with Crippen molar-refractivity contribution in [2.45, 2.75) is 0 Å². The first-order valence-electron chi connectivity index (χ1n) is 3.06. The van der Waals surface area contributed by atoms with Gasteiger partial charge in [-0.25, -0.2) is 8.42 Å². The summed E-state index contributed by atoms with van der Waals surface area (Å²) in [6.07, 6.45) is 1.02. The van der Waals surface area contributed by atoms with Crippen LogP contribution < -0.4 is 0 Å². The molecule has 0 aliphatic rings. The van der Waals surface area contributed by atoms with Crippen molar-refractivity contribution >= 4 is 26.6 Å². The van der Waals surface area contributed by atoms with Crippen LogP contribution in [0, 0.1) is 0 Å². The van der Waals surface area contributed by atoms with E-state index in [0.29, 0.717) is 0 Å². The fraction of sp³-hybridized carbons (Fsp3) is 0.800. The van der Waals surface area contributed by atoms with Gasteiger partial charge in [0.2, 0.25) is 0 Å². The van der Waals surface area contributed by atoms with Crippen LogP contribution in [0.3, 0.4) is 0 Å². The molecule has 7 heteroatoms. The lowest BCUT2D eigenvalue weighted by molar-refractivity contribution is -0.133. The van der Waals surface area contributed by atoms with Crippen LogP contribution in [0.2, 0.25) is 0 Å². The quantitative estimate of drug-likeness (QED) is 0.625. The van der Waals surface area contributed by atoms with Crippen molar-refractivity contribution in [3.8, 4) is 0 Å². The molecule has 0 saturated carbocycles. The number of aliphatic carboxylic acids is 1. The molecule has 0 heterocycles. The van der Waals surface area contributed by atoms with E-state index in [2.05, 4.69) is 0 Å². The second-order valence-electron chi connectivity index (χ2n) is 2.31. The summed E-state index contributed by atoms with van der Waals surface area (Å²) in [5.74, 6) is -2.00. The van der Waals surface area contributed by atoms with E-state index in [1.165, 1.54) is 0 Å². The van der Waals surface area contributed by atoms with Gasteiger partial charge in [0.15, 0.2) is 0 Å². The largest absolute Gasteiger partial charge is 0.481 e. The van der Waals surface area contributed by atoms with Crippen LogP contribution in [0.4, 0.5) is 0 Å². The molecule has 0 aromatic rings. The van der Waals surface area contributed by atoms with Gasteiger partial charge in [-0.1, -0.05) is 0 Å². The lowest BCUT2D eigenvalue weighted by Crippen LogP contribution is -2.17. The molecule has 0 radical (unpaired) electrons. The van der Waals surface area contributed by atoms with Crippen molar-refractivity contribution in [2.24, 2.45) is 0 Å². The Morgan fingerprint density at radius 3 is 2.33 bits per heavy atom. The van der Waals surface area contributed by atoms with E-state index < -0.39 is 32.4 Å². The van der Waals surface area contributed by atoms with E-state index in [1.807, 2.05) is 0 Å². The van der Waals surface area contributed by atoms with Crippen LogP contribution in [-0.2, 0) is 25.4 Å². The molecule has 0 aromatic heterocycles. The zero-order valence-electron chi connectivity index (χ0n) is 6.52. The Hall–Kier alpha value is -0.430. The van der Waals surface area contributed by atoms with Crippen LogP contribution in [-0.4, -0.2) is 47.2 Å². The third kappa shape index (κ3) is 7.67. The third-order valence-corrected chi connectivity index (χ3v) is 3.40. The Bertz CT molecular complexity index is 278. The fourth-order valence-electron chi connectivity index (χ4n) is 0.454. The Kier molecular flexibility index (Phi) is 4.40. The minimum absolute atomic E-state index is 0.106. The molecule has 0 aliphatic carbocycles. The monoisotopic (exact) mass is 214 g/mol. The summed E-state index contributed by atoms with van der Waals surface area (Å²) in [6.45, 7) is 0. The second kappa shape index (κ2) is 4.56. The number of carbonyl (C=O) groups is 1. The molecule has 1 unspecified atom stereocenters. The summed E-state index contributed by atoms with van der Waals surface area (Å²) in [6, 6.07) is 0. The van der Waals surface area contributed by atoms with Gasteiger partial charge in [-0.15, -0.1) is 0 Å². The maximum Gasteiger partial charge on any atom is 0.316 e. The van der Waals surface area contributed by atoms with Crippen molar-refractivity contribution < 1.29 is 22.5 Å². The van der Waals surface area contributed by atoms with Crippen LogP contribution in [0.1, 0.15) is 0 Å². The molecular weight excluding hydrogens is 204 g/mol. The number of hydrogen-bond donors (Lipinski definition) is 1. The highest BCUT2D eigenvalue weighted by Crippen LogP contribution is 1.88. The Morgan fingerprint density at radius 1 is 1.50 bits per heavy atom. The highest BCUT2D eigenvalue weighted by Gasteiger charge is 2.09. The fourth-order valence-corrected chi connectivity index (χ4v) is 2.83. The first-order chi connectivity index (χ1) is 5.31. The molecule has 1 N–H and O–H groups in total. The zero-order chi connectivity index (χ0) is 9.78. The highest BCUT2D eigenvalue weighted by molar-refractivity contribution is 7.92. The van der Waals surface area contributed by atoms with Crippen LogP contribution in [0.15, 0.2) is 0 Å². The predicted molar refractivity (Wildman–Crippen MR) is 45.2 cm³/mol. The molecule has 12 heavy (non-hydrogen) atoms. The molecule has 72 valence electrons. The van der Waals surface area contributed by atoms with Crippen LogP contribution >= 0.6 is 0 Å². The van der Waals surface area contributed by atoms with E-state index in [1.54, 1.807) is 0 Å². The van der Waals surface area contributed by atoms with E-state index in [0.717, 1.165) is 6.26 Å². The van der Waals surface area contributed by atoms with E-state index >= 15 is 0 Å². The highest BCUT2D eigenvalue weighted by atomic mass is 32.2. The minimum Gasteiger partial charge on any atom is -0.481 e. The van der Waals surface area contributed by atoms with Gasteiger partial charge in [-0.05, 0) is 0 Å². The van der Waals surface area contributed by atoms with E-state index in [4.69, 9.17) is 5.11 Å². The summed E-state index contributed by atoms with van der Waals surface area (Å²) in [5.41, 5.74) is 0. The molecule has 0 rings (SSSR count). The van der Waals surface area contributed by atoms with Gasteiger partial charge < -0.3 is 5.11 Å². The predicted octanol–water partition coefficient (Wildman–Crippen LogP) is -1.14. The zero-order valence-corrected chi connectivity index (χ0v) is 8.15. The molecule has 0 fully saturated rings. The molecule has 1 atom stereocenters. The maximum atomic E-state index is 10.8. The first-order valence-corrected chi connectivity index (χ1v) is 6.60. The topological polar surface area (TPSA) is 88.5 Å². The molecule has 0 amide bonds. The SMILES string of the molecule is CS(=O)(=O)CCS(=O)CC(=O)O. The number of rotatable bonds is 5. The lowest BCUT2D eigenvalue weighted by atomic mass is 10.8. The number of hydrogen-bond acceptors (Lipinski definition) is 4. The molecule has 5 nitrogen and oxygen atoms in total. The van der Waals surface area contributed by atoms with Gasteiger partial charge in [0.1, 0.15) is 15.6 Å². The van der Waals surface area contributed by atoms with E-state index in [9.17, 15) is 17.4 Å². The summed E-state index contributed by atoms with van der Waals surface area (Å²) in [5, 5.41) is 8.17. The van der Waals surface area contributed by atoms with Crippen molar-refractivity contribution in [1.82, 2.24) is 0 Å². The van der Waals surface area contributed by atoms with Crippen LogP contribution in [0.25, 0.3) is 0 Å². The third-order valence-electron chi connectivity index (χ3n) is 0.966. The number of carboxylic acids is 1. The molecule has 0 bridgehead atoms. The van der Waals surface area contributed by atoms with Gasteiger partial charge in [-0.3, -0.25) is 9.00 Å². The van der Waals surface area contributed by atoms with E-state index in [-0.39, 0.29) is 11.5 Å². The average Bonchev–Trinajstić information content (AvgIpc) is 1.80. The molecule has 0 aliphatic heterocycles. The summed E-state index contributed by atoms with van der Waals surface area (Å²) in [4.78, 5) is 9.99. The van der Waals surface area contributed by atoms with Gasteiger partial charge in [0.25, 0.3) is 0 Å². The standard InChI is InChI=1S/C5H10O5S2/c1-12(9,10)3-2-11(8)4-5(6)7/h2-4H2,1H3,(H,6,7). The van der Waals surface area contributed by atoms with Gasteiger partial charge in [0, 0.05) is 22.8 Å². The maximum absolute atomic E-state index is 10.8. The lowest BCUT2D eigenvalue weighted by Gasteiger charge is -1.96. The Morgan fingerprint density at radius 2 is 2.00 bits per heavy atom. The minimum atomic E-state index is -3.14. The summed E-state index contributed by atoms with van der Waals surface area (Å²) >= 11 is 0. The van der Waals surface area contributed by atoms with Crippen molar-refractivity contribution in [1.29, 1.82) is 0 Å². The van der Waals surface area contributed by atoms with Crippen molar-refractivity contribution in [3.05, 3.63) is 0 Å². The van der Waals surface area contributed by atoms with Gasteiger partial charge >= 0.3 is 5.97 Å². The Balaban J connectivity index is 3.81. The molecular formula is C5H10O5S2. The first kappa shape index (κ1) is 11.6. The van der Waals surface area contributed by atoms with Crippen LogP contribution in [0.5, 0.6) is 0 Å². The number of carboxylic acid groups (broad SMARTS) is 1. The molecule has 0 saturated heterocycles. The summed E-state index contributed by atoms with van der Waals surface area (Å²) in [7, 11) is -4.72. The normalized spacial score (nSPS) is 14.1.